The summed E-state index contributed by atoms with van der Waals surface area (Å²) in [6.07, 6.45) is 0.787. The molecule has 1 unspecified atom stereocenters. The first-order valence-electron chi connectivity index (χ1n) is 7.01. The molecule has 4 heteroatoms. The van der Waals surface area contributed by atoms with Crippen LogP contribution in [0, 0.1) is 11.7 Å². The van der Waals surface area contributed by atoms with Gasteiger partial charge in [0, 0.05) is 18.7 Å². The van der Waals surface area contributed by atoms with Crippen molar-refractivity contribution in [2.45, 2.75) is 39.3 Å². The van der Waals surface area contributed by atoms with E-state index in [2.05, 4.69) is 0 Å². The molecule has 1 aromatic rings. The van der Waals surface area contributed by atoms with E-state index < -0.39 is 0 Å². The lowest BCUT2D eigenvalue weighted by Gasteiger charge is -2.37. The third-order valence-corrected chi connectivity index (χ3v) is 3.61. The summed E-state index contributed by atoms with van der Waals surface area (Å²) in [6.45, 7) is 7.72. The van der Waals surface area contributed by atoms with E-state index >= 15 is 0 Å². The molecule has 2 rings (SSSR count). The molecule has 1 saturated heterocycles. The topological polar surface area (TPSA) is 29.5 Å². The van der Waals surface area contributed by atoms with Gasteiger partial charge in [-0.25, -0.2) is 4.39 Å². The Labute approximate surface area is 119 Å². The predicted octanol–water partition coefficient (Wildman–Crippen LogP) is 2.99. The summed E-state index contributed by atoms with van der Waals surface area (Å²) in [6, 6.07) is 6.32. The van der Waals surface area contributed by atoms with Crippen molar-refractivity contribution in [3.8, 4) is 0 Å². The molecule has 3 nitrogen and oxygen atoms in total. The molecular weight excluding hydrogens is 257 g/mol. The Morgan fingerprint density at radius 3 is 2.50 bits per heavy atom. The number of amides is 1. The molecule has 1 aliphatic heterocycles. The first-order chi connectivity index (χ1) is 9.38. The molecule has 0 spiro atoms. The van der Waals surface area contributed by atoms with Gasteiger partial charge in [0.2, 0.25) is 5.91 Å². The number of rotatable bonds is 3. The van der Waals surface area contributed by atoms with E-state index in [-0.39, 0.29) is 23.2 Å². The van der Waals surface area contributed by atoms with Crippen molar-refractivity contribution in [2.75, 3.05) is 13.2 Å². The Kier molecular flexibility index (Phi) is 4.43. The lowest BCUT2D eigenvalue weighted by atomic mass is 9.99. The molecule has 110 valence electrons. The van der Waals surface area contributed by atoms with Gasteiger partial charge in [-0.3, -0.25) is 4.79 Å². The second-order valence-corrected chi connectivity index (χ2v) is 6.28. The van der Waals surface area contributed by atoms with Gasteiger partial charge in [0.05, 0.1) is 12.5 Å². The Morgan fingerprint density at radius 1 is 1.35 bits per heavy atom. The zero-order valence-corrected chi connectivity index (χ0v) is 12.4. The van der Waals surface area contributed by atoms with Gasteiger partial charge in [-0.2, -0.15) is 0 Å². The summed E-state index contributed by atoms with van der Waals surface area (Å²) in [7, 11) is 0. The lowest BCUT2D eigenvalue weighted by molar-refractivity contribution is -0.141. The van der Waals surface area contributed by atoms with E-state index in [9.17, 15) is 9.18 Å². The highest BCUT2D eigenvalue weighted by Gasteiger charge is 2.33. The van der Waals surface area contributed by atoms with Gasteiger partial charge < -0.3 is 9.64 Å². The van der Waals surface area contributed by atoms with E-state index in [0.717, 1.165) is 12.0 Å². The Morgan fingerprint density at radius 2 is 2.00 bits per heavy atom. The monoisotopic (exact) mass is 279 g/mol. The molecule has 1 aromatic carbocycles. The normalized spacial score (nSPS) is 19.1. The molecule has 20 heavy (non-hydrogen) atoms. The average Bonchev–Trinajstić information content (AvgIpc) is 2.89. The van der Waals surface area contributed by atoms with Crippen LogP contribution in [-0.4, -0.2) is 29.6 Å². The number of benzene rings is 1. The second-order valence-electron chi connectivity index (χ2n) is 6.28. The summed E-state index contributed by atoms with van der Waals surface area (Å²) in [4.78, 5) is 14.5. The number of hydrogen-bond donors (Lipinski definition) is 0. The van der Waals surface area contributed by atoms with Crippen molar-refractivity contribution in [1.29, 1.82) is 0 Å². The smallest absolute Gasteiger partial charge is 0.228 e. The molecule has 1 heterocycles. The highest BCUT2D eigenvalue weighted by molar-refractivity contribution is 5.80. The SMILES string of the molecule is CC(C)(C)N(Cc1ccc(F)cc1)C(=O)C1CCOC1. The molecule has 1 atom stereocenters. The van der Waals surface area contributed by atoms with Crippen LogP contribution < -0.4 is 0 Å². The molecule has 1 amide bonds. The van der Waals surface area contributed by atoms with Crippen molar-refractivity contribution in [1.82, 2.24) is 4.90 Å². The minimum absolute atomic E-state index is 0.0466. The molecule has 1 aliphatic rings. The average molecular weight is 279 g/mol. The van der Waals surface area contributed by atoms with Crippen LogP contribution in [0.2, 0.25) is 0 Å². The zero-order chi connectivity index (χ0) is 14.8. The number of halogens is 1. The second kappa shape index (κ2) is 5.92. The van der Waals surface area contributed by atoms with E-state index in [0.29, 0.717) is 19.8 Å². The minimum Gasteiger partial charge on any atom is -0.381 e. The molecule has 0 aliphatic carbocycles. The number of carbonyl (C=O) groups excluding carboxylic acids is 1. The maximum atomic E-state index is 13.0. The summed E-state index contributed by atoms with van der Waals surface area (Å²) in [5.41, 5.74) is 0.669. The molecular formula is C16H22FNO2. The van der Waals surface area contributed by atoms with Crippen LogP contribution in [0.4, 0.5) is 4.39 Å². The van der Waals surface area contributed by atoms with Crippen LogP contribution >= 0.6 is 0 Å². The van der Waals surface area contributed by atoms with Crippen LogP contribution in [0.25, 0.3) is 0 Å². The molecule has 0 aromatic heterocycles. The van der Waals surface area contributed by atoms with E-state index in [4.69, 9.17) is 4.74 Å². The summed E-state index contributed by atoms with van der Waals surface area (Å²) < 4.78 is 18.3. The predicted molar refractivity (Wildman–Crippen MR) is 75.6 cm³/mol. The summed E-state index contributed by atoms with van der Waals surface area (Å²) >= 11 is 0. The number of hydrogen-bond acceptors (Lipinski definition) is 2. The van der Waals surface area contributed by atoms with Crippen molar-refractivity contribution >= 4 is 5.91 Å². The Balaban J connectivity index is 2.15. The number of ether oxygens (including phenoxy) is 1. The van der Waals surface area contributed by atoms with Gasteiger partial charge in [-0.05, 0) is 44.9 Å². The molecule has 0 N–H and O–H groups in total. The van der Waals surface area contributed by atoms with Gasteiger partial charge in [-0.1, -0.05) is 12.1 Å². The van der Waals surface area contributed by atoms with E-state index in [1.54, 1.807) is 12.1 Å². The maximum Gasteiger partial charge on any atom is 0.228 e. The van der Waals surface area contributed by atoms with Crippen LogP contribution in [0.1, 0.15) is 32.8 Å². The third-order valence-electron chi connectivity index (χ3n) is 3.61. The standard InChI is InChI=1S/C16H22FNO2/c1-16(2,3)18(15(19)13-8-9-20-11-13)10-12-4-6-14(17)7-5-12/h4-7,13H,8-11H2,1-3H3. The Bertz CT molecular complexity index is 458. The maximum absolute atomic E-state index is 13.0. The lowest BCUT2D eigenvalue weighted by Crippen LogP contribution is -2.47. The van der Waals surface area contributed by atoms with Crippen molar-refractivity contribution in [3.63, 3.8) is 0 Å². The largest absolute Gasteiger partial charge is 0.381 e. The highest BCUT2D eigenvalue weighted by Crippen LogP contribution is 2.24. The first kappa shape index (κ1) is 15.0. The zero-order valence-electron chi connectivity index (χ0n) is 12.4. The van der Waals surface area contributed by atoms with Gasteiger partial charge in [0.1, 0.15) is 5.82 Å². The van der Waals surface area contributed by atoms with Gasteiger partial charge >= 0.3 is 0 Å². The third kappa shape index (κ3) is 3.57. The molecule has 0 radical (unpaired) electrons. The summed E-state index contributed by atoms with van der Waals surface area (Å²) in [5, 5.41) is 0. The fraction of sp³-hybridized carbons (Fsp3) is 0.562. The molecule has 0 bridgehead atoms. The van der Waals surface area contributed by atoms with E-state index in [1.165, 1.54) is 12.1 Å². The molecule has 1 fully saturated rings. The van der Waals surface area contributed by atoms with Crippen LogP contribution in [0.3, 0.4) is 0 Å². The van der Waals surface area contributed by atoms with Gasteiger partial charge in [0.15, 0.2) is 0 Å². The fourth-order valence-electron chi connectivity index (χ4n) is 2.37. The fourth-order valence-corrected chi connectivity index (χ4v) is 2.37. The minimum atomic E-state index is -0.270. The van der Waals surface area contributed by atoms with Crippen molar-refractivity contribution < 1.29 is 13.9 Å². The first-order valence-corrected chi connectivity index (χ1v) is 7.01. The quantitative estimate of drug-likeness (QED) is 0.851. The van der Waals surface area contributed by atoms with Gasteiger partial charge in [0.25, 0.3) is 0 Å². The van der Waals surface area contributed by atoms with Crippen LogP contribution in [0.15, 0.2) is 24.3 Å². The highest BCUT2D eigenvalue weighted by atomic mass is 19.1. The Hall–Kier alpha value is -1.42. The summed E-state index contributed by atoms with van der Waals surface area (Å²) in [5.74, 6) is -0.180. The van der Waals surface area contributed by atoms with Crippen molar-refractivity contribution in [3.05, 3.63) is 35.6 Å². The van der Waals surface area contributed by atoms with E-state index in [1.807, 2.05) is 25.7 Å². The number of carbonyl (C=O) groups is 1. The number of nitrogens with zero attached hydrogens (tertiary/aromatic N) is 1. The van der Waals surface area contributed by atoms with Crippen LogP contribution in [0.5, 0.6) is 0 Å². The molecule has 0 saturated carbocycles. The van der Waals surface area contributed by atoms with Crippen molar-refractivity contribution in [2.24, 2.45) is 5.92 Å². The van der Waals surface area contributed by atoms with Gasteiger partial charge in [-0.15, -0.1) is 0 Å². The van der Waals surface area contributed by atoms with Crippen LogP contribution in [-0.2, 0) is 16.1 Å².